The third kappa shape index (κ3) is 4.46. The summed E-state index contributed by atoms with van der Waals surface area (Å²) in [6.07, 6.45) is 2.98. The van der Waals surface area contributed by atoms with Crippen LogP contribution in [0.5, 0.6) is 0 Å². The summed E-state index contributed by atoms with van der Waals surface area (Å²) < 4.78 is 0. The van der Waals surface area contributed by atoms with Crippen molar-refractivity contribution in [2.45, 2.75) is 6.10 Å². The molecule has 0 saturated heterocycles. The minimum Gasteiger partial charge on any atom is -0.387 e. The molecule has 18 heavy (non-hydrogen) atoms. The molecular formula is C14H17Cl2NO. The van der Waals surface area contributed by atoms with E-state index in [1.165, 1.54) is 0 Å². The Kier molecular flexibility index (Phi) is 6.44. The molecule has 98 valence electrons. The third-order valence-corrected chi connectivity index (χ3v) is 3.27. The minimum atomic E-state index is -0.611. The van der Waals surface area contributed by atoms with Crippen molar-refractivity contribution in [3.63, 3.8) is 0 Å². The van der Waals surface area contributed by atoms with E-state index in [0.29, 0.717) is 29.7 Å². The van der Waals surface area contributed by atoms with Gasteiger partial charge in [-0.25, -0.2) is 0 Å². The van der Waals surface area contributed by atoms with Crippen LogP contribution in [0, 0.1) is 0 Å². The minimum absolute atomic E-state index is 0.451. The molecule has 1 aromatic rings. The number of benzene rings is 1. The van der Waals surface area contributed by atoms with Gasteiger partial charge in [0.05, 0.1) is 16.1 Å². The van der Waals surface area contributed by atoms with Crippen molar-refractivity contribution in [1.29, 1.82) is 0 Å². The summed E-state index contributed by atoms with van der Waals surface area (Å²) in [6, 6.07) is 5.15. The molecule has 0 aliphatic carbocycles. The molecule has 0 amide bonds. The van der Waals surface area contributed by atoms with E-state index in [4.69, 9.17) is 23.2 Å². The van der Waals surface area contributed by atoms with Gasteiger partial charge in [-0.1, -0.05) is 41.4 Å². The van der Waals surface area contributed by atoms with Gasteiger partial charge >= 0.3 is 0 Å². The lowest BCUT2D eigenvalue weighted by Gasteiger charge is -2.22. The zero-order valence-corrected chi connectivity index (χ0v) is 11.7. The number of nitrogens with zero attached hydrogens (tertiary/aromatic N) is 1. The van der Waals surface area contributed by atoms with E-state index < -0.39 is 6.10 Å². The van der Waals surface area contributed by atoms with Crippen LogP contribution in [-0.2, 0) is 0 Å². The molecule has 0 heterocycles. The molecule has 0 aliphatic heterocycles. The quantitative estimate of drug-likeness (QED) is 0.772. The standard InChI is InChI=1S/C14H17Cl2NO/c1-3-7-17(8-4-2)10-14(18)11-5-6-12(15)13(16)9-11/h3-6,9,14,18H,1-2,7-8,10H2. The average molecular weight is 286 g/mol. The van der Waals surface area contributed by atoms with Gasteiger partial charge in [-0.05, 0) is 17.7 Å². The molecule has 0 fully saturated rings. The number of hydrogen-bond acceptors (Lipinski definition) is 2. The fraction of sp³-hybridized carbons (Fsp3) is 0.286. The Balaban J connectivity index is 2.72. The van der Waals surface area contributed by atoms with Gasteiger partial charge < -0.3 is 5.11 Å². The van der Waals surface area contributed by atoms with Crippen molar-refractivity contribution >= 4 is 23.2 Å². The molecule has 1 unspecified atom stereocenters. The number of rotatable bonds is 7. The van der Waals surface area contributed by atoms with Crippen molar-refractivity contribution < 1.29 is 5.11 Å². The molecule has 0 spiro atoms. The molecule has 0 radical (unpaired) electrons. The van der Waals surface area contributed by atoms with E-state index in [9.17, 15) is 5.11 Å². The Bertz CT molecular complexity index is 410. The lowest BCUT2D eigenvalue weighted by atomic mass is 10.1. The second kappa shape index (κ2) is 7.59. The van der Waals surface area contributed by atoms with Crippen LogP contribution in [0.3, 0.4) is 0 Å². The Hall–Kier alpha value is -0.800. The third-order valence-electron chi connectivity index (χ3n) is 2.53. The first-order valence-corrected chi connectivity index (χ1v) is 6.41. The van der Waals surface area contributed by atoms with Gasteiger partial charge in [0, 0.05) is 19.6 Å². The monoisotopic (exact) mass is 285 g/mol. The molecule has 0 aromatic heterocycles. The summed E-state index contributed by atoms with van der Waals surface area (Å²) >= 11 is 11.8. The molecule has 2 nitrogen and oxygen atoms in total. The van der Waals surface area contributed by atoms with E-state index in [-0.39, 0.29) is 0 Å². The molecule has 0 saturated carbocycles. The maximum atomic E-state index is 10.1. The summed E-state index contributed by atoms with van der Waals surface area (Å²) in [5.74, 6) is 0. The van der Waals surface area contributed by atoms with Crippen molar-refractivity contribution in [3.05, 3.63) is 59.1 Å². The average Bonchev–Trinajstić information content (AvgIpc) is 2.33. The summed E-state index contributed by atoms with van der Waals surface area (Å²) in [5.41, 5.74) is 0.752. The predicted molar refractivity (Wildman–Crippen MR) is 78.3 cm³/mol. The highest BCUT2D eigenvalue weighted by Gasteiger charge is 2.13. The van der Waals surface area contributed by atoms with Crippen molar-refractivity contribution in [2.24, 2.45) is 0 Å². The smallest absolute Gasteiger partial charge is 0.0917 e. The molecule has 1 N–H and O–H groups in total. The first-order valence-electron chi connectivity index (χ1n) is 5.65. The summed E-state index contributed by atoms with van der Waals surface area (Å²) in [6.45, 7) is 9.28. The van der Waals surface area contributed by atoms with Crippen LogP contribution in [0.4, 0.5) is 0 Å². The number of halogens is 2. The first kappa shape index (κ1) is 15.3. The highest BCUT2D eigenvalue weighted by Crippen LogP contribution is 2.26. The van der Waals surface area contributed by atoms with Crippen LogP contribution in [0.25, 0.3) is 0 Å². The Morgan fingerprint density at radius 1 is 1.17 bits per heavy atom. The maximum Gasteiger partial charge on any atom is 0.0917 e. The second-order valence-electron chi connectivity index (χ2n) is 3.99. The largest absolute Gasteiger partial charge is 0.387 e. The van der Waals surface area contributed by atoms with Crippen LogP contribution in [0.15, 0.2) is 43.5 Å². The van der Waals surface area contributed by atoms with Gasteiger partial charge in [0.25, 0.3) is 0 Å². The van der Waals surface area contributed by atoms with Gasteiger partial charge in [-0.3, -0.25) is 4.90 Å². The van der Waals surface area contributed by atoms with E-state index in [1.807, 2.05) is 4.90 Å². The van der Waals surface area contributed by atoms with Crippen LogP contribution in [-0.4, -0.2) is 29.6 Å². The van der Waals surface area contributed by atoms with Crippen LogP contribution >= 0.6 is 23.2 Å². The SMILES string of the molecule is C=CCN(CC=C)CC(O)c1ccc(Cl)c(Cl)c1. The topological polar surface area (TPSA) is 23.5 Å². The van der Waals surface area contributed by atoms with Gasteiger partial charge in [-0.15, -0.1) is 13.2 Å². The highest BCUT2D eigenvalue weighted by molar-refractivity contribution is 6.42. The van der Waals surface area contributed by atoms with E-state index in [2.05, 4.69) is 13.2 Å². The Morgan fingerprint density at radius 2 is 1.78 bits per heavy atom. The molecule has 1 aromatic carbocycles. The molecule has 0 bridgehead atoms. The molecule has 1 atom stereocenters. The maximum absolute atomic E-state index is 10.1. The predicted octanol–water partition coefficient (Wildman–Crippen LogP) is 3.70. The van der Waals surface area contributed by atoms with E-state index >= 15 is 0 Å². The Labute approximate surface area is 118 Å². The lowest BCUT2D eigenvalue weighted by molar-refractivity contribution is 0.125. The number of aliphatic hydroxyl groups is 1. The van der Waals surface area contributed by atoms with Crippen LogP contribution < -0.4 is 0 Å². The lowest BCUT2D eigenvalue weighted by Crippen LogP contribution is -2.29. The fourth-order valence-corrected chi connectivity index (χ4v) is 1.96. The number of aliphatic hydroxyl groups excluding tert-OH is 1. The molecule has 4 heteroatoms. The van der Waals surface area contributed by atoms with Gasteiger partial charge in [-0.2, -0.15) is 0 Å². The van der Waals surface area contributed by atoms with Crippen molar-refractivity contribution in [2.75, 3.05) is 19.6 Å². The van der Waals surface area contributed by atoms with Crippen molar-refractivity contribution in [1.82, 2.24) is 4.90 Å². The van der Waals surface area contributed by atoms with Gasteiger partial charge in [0.15, 0.2) is 0 Å². The zero-order chi connectivity index (χ0) is 13.5. The normalized spacial score (nSPS) is 12.4. The van der Waals surface area contributed by atoms with Gasteiger partial charge in [0.1, 0.15) is 0 Å². The summed E-state index contributed by atoms with van der Waals surface area (Å²) in [5, 5.41) is 11.1. The van der Waals surface area contributed by atoms with Crippen LogP contribution in [0.2, 0.25) is 10.0 Å². The van der Waals surface area contributed by atoms with Crippen LogP contribution in [0.1, 0.15) is 11.7 Å². The molecular weight excluding hydrogens is 269 g/mol. The second-order valence-corrected chi connectivity index (χ2v) is 4.80. The zero-order valence-electron chi connectivity index (χ0n) is 10.1. The molecule has 1 rings (SSSR count). The highest BCUT2D eigenvalue weighted by atomic mass is 35.5. The number of hydrogen-bond donors (Lipinski definition) is 1. The molecule has 0 aliphatic rings. The first-order chi connectivity index (χ1) is 8.58. The fourth-order valence-electron chi connectivity index (χ4n) is 1.66. The van der Waals surface area contributed by atoms with E-state index in [1.54, 1.807) is 30.4 Å². The summed E-state index contributed by atoms with van der Waals surface area (Å²) in [7, 11) is 0. The summed E-state index contributed by atoms with van der Waals surface area (Å²) in [4.78, 5) is 2.03. The van der Waals surface area contributed by atoms with Gasteiger partial charge in [0.2, 0.25) is 0 Å². The van der Waals surface area contributed by atoms with Crippen molar-refractivity contribution in [3.8, 4) is 0 Å². The van der Waals surface area contributed by atoms with E-state index in [0.717, 1.165) is 5.56 Å². The Morgan fingerprint density at radius 3 is 2.28 bits per heavy atom.